The number of carboxylic acid groups (broad SMARTS) is 1. The van der Waals surface area contributed by atoms with E-state index in [2.05, 4.69) is 15.9 Å². The van der Waals surface area contributed by atoms with Gasteiger partial charge in [-0.3, -0.25) is 0 Å². The van der Waals surface area contributed by atoms with Crippen molar-refractivity contribution in [3.8, 4) is 11.5 Å². The van der Waals surface area contributed by atoms with Crippen LogP contribution in [0.1, 0.15) is 15.9 Å². The van der Waals surface area contributed by atoms with E-state index >= 15 is 0 Å². The summed E-state index contributed by atoms with van der Waals surface area (Å²) in [4.78, 5) is 11.0. The molecule has 0 aliphatic rings. The molecule has 6 heteroatoms. The normalized spacial score (nSPS) is 10.2. The summed E-state index contributed by atoms with van der Waals surface area (Å²) in [6.45, 7) is 0.373. The van der Waals surface area contributed by atoms with Gasteiger partial charge in [-0.2, -0.15) is 0 Å². The molecule has 2 aromatic carbocycles. The lowest BCUT2D eigenvalue weighted by Gasteiger charge is -2.13. The first-order valence-corrected chi connectivity index (χ1v) is 7.86. The van der Waals surface area contributed by atoms with Crippen LogP contribution in [-0.2, 0) is 6.61 Å². The second-order valence-electron chi connectivity index (χ2n) is 4.21. The minimum atomic E-state index is -0.996. The van der Waals surface area contributed by atoms with Crippen molar-refractivity contribution in [3.63, 3.8) is 0 Å². The molecule has 0 saturated heterocycles. The summed E-state index contributed by atoms with van der Waals surface area (Å²) in [5.41, 5.74) is 1.18. The molecule has 0 amide bonds. The molecule has 0 saturated carbocycles. The van der Waals surface area contributed by atoms with Crippen LogP contribution in [0.25, 0.3) is 0 Å². The Bertz CT molecular complexity index is 673. The molecule has 0 aromatic heterocycles. The number of ether oxygens (including phenoxy) is 2. The summed E-state index contributed by atoms with van der Waals surface area (Å²) in [6.07, 6.45) is 0. The molecule has 110 valence electrons. The van der Waals surface area contributed by atoms with Gasteiger partial charge in [0.15, 0.2) is 11.5 Å². The van der Waals surface area contributed by atoms with Gasteiger partial charge in [-0.15, -0.1) is 0 Å². The largest absolute Gasteiger partial charge is 0.493 e. The van der Waals surface area contributed by atoms with Crippen LogP contribution in [0, 0.1) is 3.57 Å². The van der Waals surface area contributed by atoms with E-state index in [4.69, 9.17) is 14.6 Å². The molecule has 0 fully saturated rings. The standard InChI is InChI=1S/C15H12BrIO4/c1-20-13-7-10(15(18)19)6-12(17)14(13)21-8-9-3-2-4-11(16)5-9/h2-7H,8H2,1H3,(H,18,19). The van der Waals surface area contributed by atoms with E-state index in [-0.39, 0.29) is 5.56 Å². The van der Waals surface area contributed by atoms with Gasteiger partial charge in [-0.1, -0.05) is 28.1 Å². The van der Waals surface area contributed by atoms with E-state index < -0.39 is 5.97 Å². The molecule has 0 heterocycles. The fourth-order valence-electron chi connectivity index (χ4n) is 1.77. The van der Waals surface area contributed by atoms with Crippen molar-refractivity contribution in [2.75, 3.05) is 7.11 Å². The molecule has 0 aliphatic heterocycles. The molecule has 1 N–H and O–H groups in total. The van der Waals surface area contributed by atoms with Gasteiger partial charge in [0.25, 0.3) is 0 Å². The van der Waals surface area contributed by atoms with Crippen LogP contribution >= 0.6 is 38.5 Å². The molecule has 0 spiro atoms. The number of hydrogen-bond acceptors (Lipinski definition) is 3. The lowest BCUT2D eigenvalue weighted by atomic mass is 10.2. The Labute approximate surface area is 144 Å². The molecule has 0 atom stereocenters. The highest BCUT2D eigenvalue weighted by atomic mass is 127. The number of benzene rings is 2. The van der Waals surface area contributed by atoms with Gasteiger partial charge >= 0.3 is 5.97 Å². The molecule has 2 rings (SSSR count). The van der Waals surface area contributed by atoms with E-state index in [1.807, 2.05) is 46.9 Å². The summed E-state index contributed by atoms with van der Waals surface area (Å²) in [5, 5.41) is 9.05. The molecular formula is C15H12BrIO4. The first kappa shape index (κ1) is 16.1. The van der Waals surface area contributed by atoms with Crippen molar-refractivity contribution >= 4 is 44.5 Å². The van der Waals surface area contributed by atoms with Crippen LogP contribution in [0.15, 0.2) is 40.9 Å². The summed E-state index contributed by atoms with van der Waals surface area (Å²) >= 11 is 5.45. The van der Waals surface area contributed by atoms with Gasteiger partial charge in [0.1, 0.15) is 6.61 Å². The molecule has 0 bridgehead atoms. The average Bonchev–Trinajstić information content (AvgIpc) is 2.45. The van der Waals surface area contributed by atoms with E-state index in [1.54, 1.807) is 6.07 Å². The topological polar surface area (TPSA) is 55.8 Å². The summed E-state index contributed by atoms with van der Waals surface area (Å²) in [7, 11) is 1.49. The Hall–Kier alpha value is -1.28. The van der Waals surface area contributed by atoms with E-state index in [1.165, 1.54) is 13.2 Å². The van der Waals surface area contributed by atoms with Crippen LogP contribution in [0.4, 0.5) is 0 Å². The molecule has 2 aromatic rings. The van der Waals surface area contributed by atoms with Crippen molar-refractivity contribution in [3.05, 3.63) is 55.6 Å². The summed E-state index contributed by atoms with van der Waals surface area (Å²) in [6, 6.07) is 10.8. The number of carbonyl (C=O) groups is 1. The predicted octanol–water partition coefficient (Wildman–Crippen LogP) is 4.34. The fourth-order valence-corrected chi connectivity index (χ4v) is 2.97. The lowest BCUT2D eigenvalue weighted by molar-refractivity contribution is 0.0696. The maximum atomic E-state index is 11.0. The minimum absolute atomic E-state index is 0.172. The smallest absolute Gasteiger partial charge is 0.335 e. The predicted molar refractivity (Wildman–Crippen MR) is 91.1 cm³/mol. The molecule has 21 heavy (non-hydrogen) atoms. The lowest BCUT2D eigenvalue weighted by Crippen LogP contribution is -2.03. The van der Waals surface area contributed by atoms with E-state index in [9.17, 15) is 4.79 Å². The highest BCUT2D eigenvalue weighted by molar-refractivity contribution is 14.1. The zero-order valence-electron chi connectivity index (χ0n) is 11.1. The van der Waals surface area contributed by atoms with Crippen molar-refractivity contribution in [2.24, 2.45) is 0 Å². The number of hydrogen-bond donors (Lipinski definition) is 1. The van der Waals surface area contributed by atoms with E-state index in [0.717, 1.165) is 10.0 Å². The number of halogens is 2. The second kappa shape index (κ2) is 7.13. The zero-order valence-corrected chi connectivity index (χ0v) is 14.8. The number of carboxylic acids is 1. The Balaban J connectivity index is 2.25. The third-order valence-corrected chi connectivity index (χ3v) is 4.04. The van der Waals surface area contributed by atoms with Gasteiger partial charge < -0.3 is 14.6 Å². The van der Waals surface area contributed by atoms with Crippen molar-refractivity contribution in [1.82, 2.24) is 0 Å². The van der Waals surface area contributed by atoms with Gasteiger partial charge in [0.05, 0.1) is 16.2 Å². The monoisotopic (exact) mass is 462 g/mol. The highest BCUT2D eigenvalue weighted by Crippen LogP contribution is 2.34. The van der Waals surface area contributed by atoms with Crippen LogP contribution in [0.2, 0.25) is 0 Å². The summed E-state index contributed by atoms with van der Waals surface area (Å²) in [5.74, 6) is -0.0397. The zero-order chi connectivity index (χ0) is 15.4. The molecule has 0 aliphatic carbocycles. The Morgan fingerprint density at radius 1 is 1.33 bits per heavy atom. The van der Waals surface area contributed by atoms with Crippen molar-refractivity contribution in [2.45, 2.75) is 6.61 Å². The van der Waals surface area contributed by atoms with Gasteiger partial charge in [0.2, 0.25) is 0 Å². The van der Waals surface area contributed by atoms with Crippen LogP contribution in [-0.4, -0.2) is 18.2 Å². The molecule has 4 nitrogen and oxygen atoms in total. The molecule has 0 unspecified atom stereocenters. The van der Waals surface area contributed by atoms with Gasteiger partial charge in [-0.05, 0) is 52.4 Å². The van der Waals surface area contributed by atoms with Crippen LogP contribution in [0.5, 0.6) is 11.5 Å². The first-order chi connectivity index (χ1) is 10.0. The maximum Gasteiger partial charge on any atom is 0.335 e. The third-order valence-electron chi connectivity index (χ3n) is 2.75. The van der Waals surface area contributed by atoms with Crippen molar-refractivity contribution in [1.29, 1.82) is 0 Å². The molecule has 0 radical (unpaired) electrons. The maximum absolute atomic E-state index is 11.0. The Morgan fingerprint density at radius 2 is 2.10 bits per heavy atom. The van der Waals surface area contributed by atoms with Gasteiger partial charge in [-0.25, -0.2) is 4.79 Å². The number of rotatable bonds is 5. The number of aromatic carboxylic acids is 1. The third kappa shape index (κ3) is 4.10. The SMILES string of the molecule is COc1cc(C(=O)O)cc(I)c1OCc1cccc(Br)c1. The first-order valence-electron chi connectivity index (χ1n) is 5.99. The number of methoxy groups -OCH3 is 1. The van der Waals surface area contributed by atoms with Gasteiger partial charge in [0, 0.05) is 4.47 Å². The summed E-state index contributed by atoms with van der Waals surface area (Å²) < 4.78 is 12.7. The molecular weight excluding hydrogens is 451 g/mol. The van der Waals surface area contributed by atoms with Crippen LogP contribution < -0.4 is 9.47 Å². The fraction of sp³-hybridized carbons (Fsp3) is 0.133. The Kier molecular flexibility index (Phi) is 5.46. The minimum Gasteiger partial charge on any atom is -0.493 e. The Morgan fingerprint density at radius 3 is 2.71 bits per heavy atom. The second-order valence-corrected chi connectivity index (χ2v) is 6.29. The highest BCUT2D eigenvalue weighted by Gasteiger charge is 2.15. The average molecular weight is 463 g/mol. The van der Waals surface area contributed by atoms with Crippen molar-refractivity contribution < 1.29 is 19.4 Å². The van der Waals surface area contributed by atoms with E-state index in [0.29, 0.717) is 21.7 Å². The quantitative estimate of drug-likeness (QED) is 0.671. The van der Waals surface area contributed by atoms with Crippen LogP contribution in [0.3, 0.4) is 0 Å².